The van der Waals surface area contributed by atoms with Crippen LogP contribution in [0.2, 0.25) is 0 Å². The molecule has 1 aromatic carbocycles. The molecule has 0 spiro atoms. The number of hydrogen-bond acceptors (Lipinski definition) is 7. The first-order valence-corrected chi connectivity index (χ1v) is 15.4. The Morgan fingerprint density at radius 3 is 2.10 bits per heavy atom. The van der Waals surface area contributed by atoms with Crippen molar-refractivity contribution in [3.05, 3.63) is 51.2 Å². The monoisotopic (exact) mass is 562 g/mol. The van der Waals surface area contributed by atoms with E-state index in [-0.39, 0.29) is 23.3 Å². The van der Waals surface area contributed by atoms with E-state index in [0.717, 1.165) is 17.7 Å². The zero-order valence-corrected chi connectivity index (χ0v) is 25.4. The Morgan fingerprint density at radius 2 is 1.56 bits per heavy atom. The van der Waals surface area contributed by atoms with Crippen molar-refractivity contribution in [3.8, 4) is 5.75 Å². The second-order valence-electron chi connectivity index (χ2n) is 11.4. The molecule has 2 heterocycles. The molecule has 1 aromatic heterocycles. The summed E-state index contributed by atoms with van der Waals surface area (Å²) in [6, 6.07) is 8.58. The molecule has 218 valence electrons. The molecule has 1 aliphatic rings. The van der Waals surface area contributed by atoms with Gasteiger partial charge in [0.25, 0.3) is 5.56 Å². The molecule has 1 aliphatic heterocycles. The van der Waals surface area contributed by atoms with Crippen molar-refractivity contribution in [1.82, 2.24) is 14.0 Å². The van der Waals surface area contributed by atoms with Crippen LogP contribution in [0.15, 0.2) is 44.8 Å². The van der Waals surface area contributed by atoms with Gasteiger partial charge in [-0.2, -0.15) is 0 Å². The normalized spacial score (nSPS) is 16.6. The maximum Gasteiger partial charge on any atom is 0.333 e. The van der Waals surface area contributed by atoms with E-state index in [9.17, 15) is 18.9 Å². The van der Waals surface area contributed by atoms with Gasteiger partial charge in [0.2, 0.25) is 0 Å². The van der Waals surface area contributed by atoms with Crippen molar-refractivity contribution in [1.29, 1.82) is 0 Å². The van der Waals surface area contributed by atoms with Gasteiger partial charge in [0.05, 0.1) is 10.8 Å². The smallest absolute Gasteiger partial charge is 0.333 e. The number of aliphatic hydroxyl groups excluding tert-OH is 1. The van der Waals surface area contributed by atoms with Crippen molar-refractivity contribution >= 4 is 16.6 Å². The lowest BCUT2D eigenvalue weighted by Gasteiger charge is -2.40. The molecule has 0 bridgehead atoms. The van der Waals surface area contributed by atoms with Crippen molar-refractivity contribution in [2.75, 3.05) is 43.4 Å². The quantitative estimate of drug-likeness (QED) is 0.423. The van der Waals surface area contributed by atoms with Crippen LogP contribution in [0.4, 0.5) is 5.82 Å². The van der Waals surface area contributed by atoms with E-state index in [0.29, 0.717) is 50.0 Å². The number of unbranched alkanes of at least 4 members (excludes halogenated alkanes) is 1. The van der Waals surface area contributed by atoms with Crippen LogP contribution in [0.25, 0.3) is 0 Å². The molecule has 39 heavy (non-hydrogen) atoms. The molecule has 0 aliphatic carbocycles. The van der Waals surface area contributed by atoms with Gasteiger partial charge < -0.3 is 14.7 Å². The van der Waals surface area contributed by atoms with Crippen molar-refractivity contribution in [2.45, 2.75) is 90.0 Å². The molecule has 1 saturated heterocycles. The van der Waals surface area contributed by atoms with Crippen LogP contribution in [-0.2, 0) is 10.8 Å². The maximum atomic E-state index is 13.1. The second kappa shape index (κ2) is 13.3. The minimum Gasteiger partial charge on any atom is -0.485 e. The standard InChI is InChI=1S/C29H46N4O5S/c1-8-9-18-39(37)24-12-10-23(11-13-24)38-29(6,7)25(34)20-30-14-16-31(17-15-30)26-19-27(35)33(22(4)5)28(36)32(26)21(2)3/h10-13,19,21-22,25,34H,8-9,14-18,20H2,1-7H3. The molecule has 0 radical (unpaired) electrons. The average Bonchev–Trinajstić information content (AvgIpc) is 2.87. The van der Waals surface area contributed by atoms with Crippen LogP contribution in [0.1, 0.15) is 73.4 Å². The van der Waals surface area contributed by atoms with E-state index in [1.807, 2.05) is 65.8 Å². The van der Waals surface area contributed by atoms with Gasteiger partial charge >= 0.3 is 5.69 Å². The molecule has 1 fully saturated rings. The minimum absolute atomic E-state index is 0.0821. The highest BCUT2D eigenvalue weighted by Gasteiger charge is 2.33. The largest absolute Gasteiger partial charge is 0.485 e. The van der Waals surface area contributed by atoms with Crippen LogP contribution in [0.5, 0.6) is 5.75 Å². The molecule has 2 unspecified atom stereocenters. The van der Waals surface area contributed by atoms with Crippen LogP contribution >= 0.6 is 0 Å². The average molecular weight is 563 g/mol. The number of rotatable bonds is 12. The second-order valence-corrected chi connectivity index (χ2v) is 13.0. The fraction of sp³-hybridized carbons (Fsp3) is 0.655. The summed E-state index contributed by atoms with van der Waals surface area (Å²) < 4.78 is 21.5. The van der Waals surface area contributed by atoms with Gasteiger partial charge in [0.15, 0.2) is 0 Å². The van der Waals surface area contributed by atoms with E-state index < -0.39 is 22.5 Å². The minimum atomic E-state index is -1.01. The molecule has 10 heteroatoms. The lowest BCUT2D eigenvalue weighted by molar-refractivity contribution is -0.0450. The first-order chi connectivity index (χ1) is 18.4. The predicted octanol–water partition coefficient (Wildman–Crippen LogP) is 3.42. The number of aliphatic hydroxyl groups is 1. The summed E-state index contributed by atoms with van der Waals surface area (Å²) >= 11 is 0. The van der Waals surface area contributed by atoms with Gasteiger partial charge in [-0.1, -0.05) is 13.3 Å². The first-order valence-electron chi connectivity index (χ1n) is 14.1. The van der Waals surface area contributed by atoms with Gasteiger partial charge in [0, 0.05) is 61.5 Å². The Balaban J connectivity index is 1.62. The highest BCUT2D eigenvalue weighted by molar-refractivity contribution is 7.85. The Kier molecular flexibility index (Phi) is 10.6. The summed E-state index contributed by atoms with van der Waals surface area (Å²) in [6.45, 7) is 16.5. The van der Waals surface area contributed by atoms with Crippen LogP contribution in [-0.4, -0.2) is 73.5 Å². The predicted molar refractivity (Wildman–Crippen MR) is 158 cm³/mol. The fourth-order valence-corrected chi connectivity index (χ4v) is 6.04. The van der Waals surface area contributed by atoms with Gasteiger partial charge in [-0.15, -0.1) is 0 Å². The number of hydrogen-bond donors (Lipinski definition) is 1. The number of ether oxygens (including phenoxy) is 1. The number of aromatic nitrogens is 2. The third-order valence-corrected chi connectivity index (χ3v) is 8.72. The van der Waals surface area contributed by atoms with Crippen LogP contribution in [0.3, 0.4) is 0 Å². The highest BCUT2D eigenvalue weighted by atomic mass is 32.2. The molecule has 2 atom stereocenters. The molecule has 2 aromatic rings. The summed E-state index contributed by atoms with van der Waals surface area (Å²) in [4.78, 5) is 30.9. The van der Waals surface area contributed by atoms with E-state index in [2.05, 4.69) is 16.7 Å². The summed E-state index contributed by atoms with van der Waals surface area (Å²) in [5, 5.41) is 11.1. The topological polar surface area (TPSA) is 97.0 Å². The number of benzene rings is 1. The molecular formula is C29H46N4O5S. The summed E-state index contributed by atoms with van der Waals surface area (Å²) in [5.74, 6) is 1.94. The number of anilines is 1. The molecule has 0 saturated carbocycles. The molecule has 0 amide bonds. The molecule has 1 N–H and O–H groups in total. The van der Waals surface area contributed by atoms with Gasteiger partial charge in [-0.25, -0.2) is 4.79 Å². The number of nitrogens with zero attached hydrogens (tertiary/aromatic N) is 4. The highest BCUT2D eigenvalue weighted by Crippen LogP contribution is 2.24. The first kappa shape index (κ1) is 31.1. The van der Waals surface area contributed by atoms with E-state index >= 15 is 0 Å². The van der Waals surface area contributed by atoms with E-state index in [4.69, 9.17) is 4.74 Å². The van der Waals surface area contributed by atoms with Crippen LogP contribution < -0.4 is 20.9 Å². The van der Waals surface area contributed by atoms with E-state index in [1.54, 1.807) is 10.6 Å². The fourth-order valence-electron chi connectivity index (χ4n) is 4.81. The Labute approximate surface area is 234 Å². The molecular weight excluding hydrogens is 516 g/mol. The molecule has 9 nitrogen and oxygen atoms in total. The number of piperazine rings is 1. The van der Waals surface area contributed by atoms with Crippen molar-refractivity contribution in [2.24, 2.45) is 0 Å². The Morgan fingerprint density at radius 1 is 0.974 bits per heavy atom. The maximum absolute atomic E-state index is 13.1. The zero-order chi connectivity index (χ0) is 28.9. The zero-order valence-electron chi connectivity index (χ0n) is 24.6. The van der Waals surface area contributed by atoms with Crippen molar-refractivity contribution < 1.29 is 14.1 Å². The Hall–Kier alpha value is -2.43. The summed E-state index contributed by atoms with van der Waals surface area (Å²) in [5.41, 5.74) is -1.39. The van der Waals surface area contributed by atoms with Gasteiger partial charge in [-0.3, -0.25) is 23.0 Å². The Bertz CT molecular complexity index is 1230. The molecule has 3 rings (SSSR count). The summed E-state index contributed by atoms with van der Waals surface area (Å²) in [7, 11) is -1.01. The third kappa shape index (κ3) is 7.61. The number of β-amino-alcohol motifs (C(OH)–C–C–N with tert-alkyl or cyclic N) is 1. The van der Waals surface area contributed by atoms with Gasteiger partial charge in [0.1, 0.15) is 23.3 Å². The van der Waals surface area contributed by atoms with Crippen molar-refractivity contribution in [3.63, 3.8) is 0 Å². The lowest BCUT2D eigenvalue weighted by atomic mass is 10.0. The van der Waals surface area contributed by atoms with Gasteiger partial charge in [-0.05, 0) is 72.2 Å². The lowest BCUT2D eigenvalue weighted by Crippen LogP contribution is -2.54. The SMILES string of the molecule is CCCCS(=O)c1ccc(OC(C)(C)C(O)CN2CCN(c3cc(=O)n(C(C)C)c(=O)n3C(C)C)CC2)cc1. The summed E-state index contributed by atoms with van der Waals surface area (Å²) in [6.07, 6.45) is 1.20. The van der Waals surface area contributed by atoms with E-state index in [1.165, 1.54) is 4.57 Å². The van der Waals surface area contributed by atoms with Crippen LogP contribution in [0, 0.1) is 0 Å². The third-order valence-electron chi connectivity index (χ3n) is 7.26.